The third-order valence-electron chi connectivity index (χ3n) is 7.90. The van der Waals surface area contributed by atoms with Gasteiger partial charge in [-0.1, -0.05) is 18.2 Å². The van der Waals surface area contributed by atoms with Crippen LogP contribution in [0.4, 0.5) is 11.4 Å². The lowest BCUT2D eigenvalue weighted by atomic mass is 10.1. The summed E-state index contributed by atoms with van der Waals surface area (Å²) in [5.41, 5.74) is 4.95. The van der Waals surface area contributed by atoms with Gasteiger partial charge in [0, 0.05) is 54.0 Å². The Hall–Kier alpha value is -4.12. The van der Waals surface area contributed by atoms with Crippen LogP contribution in [0, 0.1) is 0 Å². The molecule has 10 heteroatoms. The number of aromatic amines is 1. The van der Waals surface area contributed by atoms with Crippen molar-refractivity contribution < 1.29 is 22.7 Å². The average molecular weight is 571 g/mol. The molecule has 4 heterocycles. The second kappa shape index (κ2) is 10.4. The molecule has 0 aliphatic carbocycles. The lowest BCUT2D eigenvalue weighted by Crippen LogP contribution is -2.38. The van der Waals surface area contributed by atoms with Gasteiger partial charge in [0.25, 0.3) is 15.9 Å². The second-order valence-electron chi connectivity index (χ2n) is 10.5. The standard InChI is InChI=1S/C31H30N4O5S/c36-31-27(19-23-17-22-18-24(5-7-28(22)32-23)40-16-13-34-11-14-39-15-12-34)26-20-25(6-8-29(26)33-31)41(37,38)35-10-9-21-3-1-2-4-30(21)35/h1-8,17-20,32H,9-16H2,(H,33,36)/b27-19+. The van der Waals surface area contributed by atoms with Crippen LogP contribution in [-0.4, -0.2) is 70.2 Å². The van der Waals surface area contributed by atoms with Gasteiger partial charge in [-0.2, -0.15) is 0 Å². The molecule has 2 N–H and O–H groups in total. The fraction of sp³-hybridized carbons (Fsp3) is 0.258. The first kappa shape index (κ1) is 25.8. The first-order chi connectivity index (χ1) is 20.0. The first-order valence-electron chi connectivity index (χ1n) is 13.8. The molecule has 1 fully saturated rings. The molecular formula is C31H30N4O5S. The van der Waals surface area contributed by atoms with Crippen LogP contribution >= 0.6 is 0 Å². The van der Waals surface area contributed by atoms with Gasteiger partial charge in [-0.25, -0.2) is 8.42 Å². The number of sulfonamides is 1. The molecule has 9 nitrogen and oxygen atoms in total. The van der Waals surface area contributed by atoms with Gasteiger partial charge in [-0.3, -0.25) is 14.0 Å². The molecule has 3 aliphatic heterocycles. The molecule has 210 valence electrons. The molecular weight excluding hydrogens is 540 g/mol. The Balaban J connectivity index is 1.13. The number of H-pyrrole nitrogens is 1. The van der Waals surface area contributed by atoms with Crippen LogP contribution in [0.3, 0.4) is 0 Å². The van der Waals surface area contributed by atoms with Crippen LogP contribution in [0.25, 0.3) is 22.6 Å². The van der Waals surface area contributed by atoms with E-state index in [0.717, 1.165) is 60.8 Å². The number of amides is 1. The summed E-state index contributed by atoms with van der Waals surface area (Å²) in [6.45, 7) is 5.22. The maximum Gasteiger partial charge on any atom is 0.264 e. The number of carbonyl (C=O) groups excluding carboxylic acids is 1. The quantitative estimate of drug-likeness (QED) is 0.324. The van der Waals surface area contributed by atoms with E-state index in [1.54, 1.807) is 24.3 Å². The van der Waals surface area contributed by atoms with Crippen molar-refractivity contribution in [2.24, 2.45) is 0 Å². The van der Waals surface area contributed by atoms with Gasteiger partial charge in [0.2, 0.25) is 0 Å². The fourth-order valence-electron chi connectivity index (χ4n) is 5.73. The minimum atomic E-state index is -3.79. The normalized spacial score (nSPS) is 18.1. The molecule has 3 aliphatic rings. The fourth-order valence-corrected chi connectivity index (χ4v) is 7.26. The van der Waals surface area contributed by atoms with Gasteiger partial charge >= 0.3 is 0 Å². The molecule has 0 atom stereocenters. The second-order valence-corrected chi connectivity index (χ2v) is 12.3. The van der Waals surface area contributed by atoms with Crippen molar-refractivity contribution in [3.63, 3.8) is 0 Å². The predicted molar refractivity (Wildman–Crippen MR) is 159 cm³/mol. The Labute approximate surface area is 238 Å². The van der Waals surface area contributed by atoms with E-state index in [-0.39, 0.29) is 10.8 Å². The highest BCUT2D eigenvalue weighted by atomic mass is 32.2. The van der Waals surface area contributed by atoms with E-state index in [0.29, 0.717) is 42.1 Å². The van der Waals surface area contributed by atoms with E-state index in [4.69, 9.17) is 9.47 Å². The zero-order valence-electron chi connectivity index (χ0n) is 22.4. The summed E-state index contributed by atoms with van der Waals surface area (Å²) in [6, 6.07) is 20.2. The third kappa shape index (κ3) is 4.88. The number of hydrogen-bond donors (Lipinski definition) is 2. The molecule has 4 aromatic rings. The Morgan fingerprint density at radius 3 is 2.71 bits per heavy atom. The minimum Gasteiger partial charge on any atom is -0.492 e. The highest BCUT2D eigenvalue weighted by molar-refractivity contribution is 7.92. The molecule has 41 heavy (non-hydrogen) atoms. The summed E-state index contributed by atoms with van der Waals surface area (Å²) in [7, 11) is -3.79. The summed E-state index contributed by atoms with van der Waals surface area (Å²) in [5, 5.41) is 3.82. The largest absolute Gasteiger partial charge is 0.492 e. The number of benzene rings is 3. The highest BCUT2D eigenvalue weighted by Crippen LogP contribution is 2.38. The monoisotopic (exact) mass is 570 g/mol. The average Bonchev–Trinajstić information content (AvgIpc) is 3.68. The summed E-state index contributed by atoms with van der Waals surface area (Å²) in [5.74, 6) is 0.512. The number of nitrogens with zero attached hydrogens (tertiary/aromatic N) is 2. The van der Waals surface area contributed by atoms with Crippen LogP contribution in [0.15, 0.2) is 71.6 Å². The first-order valence-corrected chi connectivity index (χ1v) is 15.2. The molecule has 1 amide bonds. The van der Waals surface area contributed by atoms with Crippen LogP contribution in [0.2, 0.25) is 0 Å². The van der Waals surface area contributed by atoms with E-state index in [2.05, 4.69) is 15.2 Å². The highest BCUT2D eigenvalue weighted by Gasteiger charge is 2.33. The lowest BCUT2D eigenvalue weighted by molar-refractivity contribution is -0.110. The molecule has 7 rings (SSSR count). The molecule has 1 saturated heterocycles. The Kier molecular flexibility index (Phi) is 6.53. The Bertz CT molecular complexity index is 1790. The van der Waals surface area contributed by atoms with E-state index in [1.807, 2.05) is 48.5 Å². The molecule has 0 radical (unpaired) electrons. The number of aromatic nitrogens is 1. The van der Waals surface area contributed by atoms with Crippen molar-refractivity contribution in [2.75, 3.05) is 55.6 Å². The van der Waals surface area contributed by atoms with Crippen LogP contribution < -0.4 is 14.4 Å². The number of morpholine rings is 1. The Morgan fingerprint density at radius 1 is 0.976 bits per heavy atom. The number of carbonyl (C=O) groups is 1. The molecule has 3 aromatic carbocycles. The van der Waals surface area contributed by atoms with Crippen LogP contribution in [0.5, 0.6) is 5.75 Å². The maximum atomic E-state index is 13.6. The summed E-state index contributed by atoms with van der Waals surface area (Å²) in [6.07, 6.45) is 2.44. The number of hydrogen-bond acceptors (Lipinski definition) is 6. The zero-order valence-corrected chi connectivity index (χ0v) is 23.2. The van der Waals surface area contributed by atoms with Crippen LogP contribution in [-0.2, 0) is 26.0 Å². The van der Waals surface area contributed by atoms with Crippen LogP contribution in [0.1, 0.15) is 16.8 Å². The van der Waals surface area contributed by atoms with Crippen molar-refractivity contribution in [3.05, 3.63) is 83.6 Å². The van der Waals surface area contributed by atoms with Crippen molar-refractivity contribution in [2.45, 2.75) is 11.3 Å². The SMILES string of the molecule is O=C1Nc2ccc(S(=O)(=O)N3CCc4ccccc43)cc2/C1=C\c1cc2cc(OCCN3CCOCC3)ccc2[nH]1. The van der Waals surface area contributed by atoms with E-state index in [9.17, 15) is 13.2 Å². The maximum absolute atomic E-state index is 13.6. The van der Waals surface area contributed by atoms with Crippen molar-refractivity contribution in [3.8, 4) is 5.75 Å². The Morgan fingerprint density at radius 2 is 1.83 bits per heavy atom. The number of anilines is 2. The van der Waals surface area contributed by atoms with E-state index >= 15 is 0 Å². The number of para-hydroxylation sites is 1. The number of nitrogens with one attached hydrogen (secondary N) is 2. The van der Waals surface area contributed by atoms with Gasteiger partial charge in [0.1, 0.15) is 12.4 Å². The zero-order chi connectivity index (χ0) is 28.0. The molecule has 0 unspecified atom stereocenters. The van der Waals surface area contributed by atoms with Gasteiger partial charge in [0.05, 0.1) is 29.4 Å². The van der Waals surface area contributed by atoms with Gasteiger partial charge in [-0.15, -0.1) is 0 Å². The smallest absolute Gasteiger partial charge is 0.264 e. The van der Waals surface area contributed by atoms with Crippen molar-refractivity contribution in [1.29, 1.82) is 0 Å². The van der Waals surface area contributed by atoms with Crippen molar-refractivity contribution in [1.82, 2.24) is 9.88 Å². The van der Waals surface area contributed by atoms with E-state index in [1.165, 1.54) is 4.31 Å². The van der Waals surface area contributed by atoms with E-state index < -0.39 is 10.0 Å². The molecule has 0 saturated carbocycles. The molecule has 0 spiro atoms. The van der Waals surface area contributed by atoms with Gasteiger partial charge in [-0.05, 0) is 66.6 Å². The minimum absolute atomic E-state index is 0.158. The third-order valence-corrected chi connectivity index (χ3v) is 9.71. The molecule has 0 bridgehead atoms. The topological polar surface area (TPSA) is 104 Å². The number of ether oxygens (including phenoxy) is 2. The summed E-state index contributed by atoms with van der Waals surface area (Å²) >= 11 is 0. The number of fused-ring (bicyclic) bond motifs is 3. The summed E-state index contributed by atoms with van der Waals surface area (Å²) < 4.78 is 40.1. The predicted octanol–water partition coefficient (Wildman–Crippen LogP) is 4.12. The summed E-state index contributed by atoms with van der Waals surface area (Å²) in [4.78, 5) is 18.8. The van der Waals surface area contributed by atoms with Crippen molar-refractivity contribution >= 4 is 49.9 Å². The number of rotatable bonds is 7. The van der Waals surface area contributed by atoms with Gasteiger partial charge in [0.15, 0.2) is 0 Å². The van der Waals surface area contributed by atoms with Gasteiger partial charge < -0.3 is 19.8 Å². The molecule has 1 aromatic heterocycles. The lowest BCUT2D eigenvalue weighted by Gasteiger charge is -2.26.